The van der Waals surface area contributed by atoms with Gasteiger partial charge in [0.1, 0.15) is 0 Å². The Morgan fingerprint density at radius 1 is 1.62 bits per heavy atom. The third-order valence-electron chi connectivity index (χ3n) is 2.86. The lowest BCUT2D eigenvalue weighted by Crippen LogP contribution is -2.39. The second-order valence-electron chi connectivity index (χ2n) is 4.11. The van der Waals surface area contributed by atoms with Gasteiger partial charge in [0.25, 0.3) is 0 Å². The van der Waals surface area contributed by atoms with E-state index in [0.29, 0.717) is 5.92 Å². The van der Waals surface area contributed by atoms with Gasteiger partial charge in [0.2, 0.25) is 5.91 Å². The van der Waals surface area contributed by atoms with Crippen LogP contribution in [-0.2, 0) is 4.79 Å². The van der Waals surface area contributed by atoms with Gasteiger partial charge < -0.3 is 10.4 Å². The van der Waals surface area contributed by atoms with E-state index < -0.39 is 0 Å². The van der Waals surface area contributed by atoms with Crippen LogP contribution in [0.1, 0.15) is 33.1 Å². The van der Waals surface area contributed by atoms with Gasteiger partial charge in [0.15, 0.2) is 0 Å². The van der Waals surface area contributed by atoms with E-state index in [0.717, 1.165) is 19.3 Å². The Hall–Kier alpha value is -0.570. The van der Waals surface area contributed by atoms with Crippen molar-refractivity contribution in [3.8, 4) is 0 Å². The molecule has 1 rings (SSSR count). The second kappa shape index (κ2) is 4.61. The Morgan fingerprint density at radius 3 is 2.77 bits per heavy atom. The van der Waals surface area contributed by atoms with E-state index in [1.807, 2.05) is 6.92 Å². The highest BCUT2D eigenvalue weighted by Gasteiger charge is 2.29. The zero-order chi connectivity index (χ0) is 9.84. The zero-order valence-electron chi connectivity index (χ0n) is 8.42. The Morgan fingerprint density at radius 2 is 2.31 bits per heavy atom. The molecule has 76 valence electrons. The number of carbonyl (C=O) groups is 1. The molecule has 0 aromatic carbocycles. The van der Waals surface area contributed by atoms with E-state index in [4.69, 9.17) is 5.11 Å². The summed E-state index contributed by atoms with van der Waals surface area (Å²) in [5.41, 5.74) is 0. The minimum atomic E-state index is -0.111. The van der Waals surface area contributed by atoms with E-state index in [-0.39, 0.29) is 24.5 Å². The van der Waals surface area contributed by atoms with Crippen molar-refractivity contribution in [1.29, 1.82) is 0 Å². The Labute approximate surface area is 79.5 Å². The molecule has 1 amide bonds. The molecule has 2 N–H and O–H groups in total. The standard InChI is InChI=1S/C10H19NO2/c1-7-4-3-5-9(7)10(13)11-8(2)6-12/h7-9,12H,3-6H2,1-2H3,(H,11,13). The topological polar surface area (TPSA) is 49.3 Å². The molecule has 1 saturated carbocycles. The normalized spacial score (nSPS) is 30.1. The first-order chi connectivity index (χ1) is 6.15. The lowest BCUT2D eigenvalue weighted by molar-refractivity contribution is -0.126. The average Bonchev–Trinajstić information content (AvgIpc) is 2.51. The summed E-state index contributed by atoms with van der Waals surface area (Å²) in [6, 6.07) is -0.111. The van der Waals surface area contributed by atoms with Crippen molar-refractivity contribution < 1.29 is 9.90 Å². The smallest absolute Gasteiger partial charge is 0.223 e. The minimum Gasteiger partial charge on any atom is -0.394 e. The molecule has 0 aliphatic heterocycles. The van der Waals surface area contributed by atoms with Crippen LogP contribution in [0, 0.1) is 11.8 Å². The summed E-state index contributed by atoms with van der Waals surface area (Å²) in [5.74, 6) is 0.798. The van der Waals surface area contributed by atoms with Crippen LogP contribution >= 0.6 is 0 Å². The maximum Gasteiger partial charge on any atom is 0.223 e. The number of aliphatic hydroxyl groups excluding tert-OH is 1. The summed E-state index contributed by atoms with van der Waals surface area (Å²) in [7, 11) is 0. The first kappa shape index (κ1) is 10.5. The SMILES string of the molecule is CC(CO)NC(=O)C1CCCC1C. The first-order valence-electron chi connectivity index (χ1n) is 5.06. The molecule has 3 atom stereocenters. The largest absolute Gasteiger partial charge is 0.394 e. The molecule has 3 heteroatoms. The van der Waals surface area contributed by atoms with E-state index in [1.54, 1.807) is 0 Å². The molecule has 0 saturated heterocycles. The monoisotopic (exact) mass is 185 g/mol. The van der Waals surface area contributed by atoms with Crippen LogP contribution in [-0.4, -0.2) is 23.7 Å². The molecule has 0 radical (unpaired) electrons. The molecule has 0 spiro atoms. The van der Waals surface area contributed by atoms with Gasteiger partial charge in [-0.15, -0.1) is 0 Å². The summed E-state index contributed by atoms with van der Waals surface area (Å²) in [4.78, 5) is 11.6. The predicted octanol–water partition coefficient (Wildman–Crippen LogP) is 0.920. The van der Waals surface area contributed by atoms with Crippen LogP contribution in [0.2, 0.25) is 0 Å². The average molecular weight is 185 g/mol. The summed E-state index contributed by atoms with van der Waals surface area (Å²) in [5, 5.41) is 11.6. The number of carbonyl (C=O) groups excluding carboxylic acids is 1. The summed E-state index contributed by atoms with van der Waals surface area (Å²) in [6.45, 7) is 3.96. The minimum absolute atomic E-state index is 0.0207. The van der Waals surface area contributed by atoms with Gasteiger partial charge in [-0.3, -0.25) is 4.79 Å². The fourth-order valence-electron chi connectivity index (χ4n) is 1.93. The summed E-state index contributed by atoms with van der Waals surface area (Å²) >= 11 is 0. The number of hydrogen-bond donors (Lipinski definition) is 2. The lowest BCUT2D eigenvalue weighted by atomic mass is 9.97. The van der Waals surface area contributed by atoms with Crippen molar-refractivity contribution in [2.75, 3.05) is 6.61 Å². The van der Waals surface area contributed by atoms with E-state index in [1.165, 1.54) is 0 Å². The highest BCUT2D eigenvalue weighted by Crippen LogP contribution is 2.31. The van der Waals surface area contributed by atoms with Crippen LogP contribution in [0.25, 0.3) is 0 Å². The maximum atomic E-state index is 11.6. The molecule has 1 aliphatic rings. The molecule has 1 fully saturated rings. The van der Waals surface area contributed by atoms with Crippen molar-refractivity contribution in [2.24, 2.45) is 11.8 Å². The number of aliphatic hydroxyl groups is 1. The number of rotatable bonds is 3. The van der Waals surface area contributed by atoms with Crippen LogP contribution in [0.5, 0.6) is 0 Å². The van der Waals surface area contributed by atoms with Gasteiger partial charge in [-0.1, -0.05) is 13.3 Å². The van der Waals surface area contributed by atoms with Gasteiger partial charge >= 0.3 is 0 Å². The summed E-state index contributed by atoms with van der Waals surface area (Å²) in [6.07, 6.45) is 3.32. The molecule has 1 aliphatic carbocycles. The van der Waals surface area contributed by atoms with Crippen molar-refractivity contribution in [1.82, 2.24) is 5.32 Å². The van der Waals surface area contributed by atoms with Crippen molar-refractivity contribution >= 4 is 5.91 Å². The molecule has 13 heavy (non-hydrogen) atoms. The highest BCUT2D eigenvalue weighted by atomic mass is 16.3. The van der Waals surface area contributed by atoms with Crippen molar-refractivity contribution in [3.05, 3.63) is 0 Å². The zero-order valence-corrected chi connectivity index (χ0v) is 8.42. The van der Waals surface area contributed by atoms with Crippen LogP contribution in [0.15, 0.2) is 0 Å². The lowest BCUT2D eigenvalue weighted by Gasteiger charge is -2.18. The Kier molecular flexibility index (Phi) is 3.72. The molecule has 0 bridgehead atoms. The fraction of sp³-hybridized carbons (Fsp3) is 0.900. The molecule has 0 heterocycles. The third-order valence-corrected chi connectivity index (χ3v) is 2.86. The number of amides is 1. The van der Waals surface area contributed by atoms with Gasteiger partial charge in [0.05, 0.1) is 6.61 Å². The van der Waals surface area contributed by atoms with Gasteiger partial charge in [0, 0.05) is 12.0 Å². The quantitative estimate of drug-likeness (QED) is 0.687. The van der Waals surface area contributed by atoms with Crippen LogP contribution in [0.3, 0.4) is 0 Å². The molecular formula is C10H19NO2. The highest BCUT2D eigenvalue weighted by molar-refractivity contribution is 5.79. The summed E-state index contributed by atoms with van der Waals surface area (Å²) < 4.78 is 0. The van der Waals surface area contributed by atoms with E-state index in [9.17, 15) is 4.79 Å². The third kappa shape index (κ3) is 2.69. The van der Waals surface area contributed by atoms with E-state index >= 15 is 0 Å². The van der Waals surface area contributed by atoms with Gasteiger partial charge in [-0.2, -0.15) is 0 Å². The number of hydrogen-bond acceptors (Lipinski definition) is 2. The van der Waals surface area contributed by atoms with E-state index in [2.05, 4.69) is 12.2 Å². The van der Waals surface area contributed by atoms with Crippen molar-refractivity contribution in [2.45, 2.75) is 39.2 Å². The Bertz CT molecular complexity index is 182. The fourth-order valence-corrected chi connectivity index (χ4v) is 1.93. The molecule has 0 aromatic rings. The van der Waals surface area contributed by atoms with Gasteiger partial charge in [-0.25, -0.2) is 0 Å². The Balaban J connectivity index is 2.38. The molecule has 0 aromatic heterocycles. The molecular weight excluding hydrogens is 166 g/mol. The molecule has 3 unspecified atom stereocenters. The molecule has 3 nitrogen and oxygen atoms in total. The first-order valence-corrected chi connectivity index (χ1v) is 5.06. The second-order valence-corrected chi connectivity index (χ2v) is 4.11. The number of nitrogens with one attached hydrogen (secondary N) is 1. The van der Waals surface area contributed by atoms with Crippen LogP contribution < -0.4 is 5.32 Å². The van der Waals surface area contributed by atoms with Crippen LogP contribution in [0.4, 0.5) is 0 Å². The van der Waals surface area contributed by atoms with Crippen molar-refractivity contribution in [3.63, 3.8) is 0 Å². The van der Waals surface area contributed by atoms with Gasteiger partial charge in [-0.05, 0) is 25.7 Å². The maximum absolute atomic E-state index is 11.6. The predicted molar refractivity (Wildman–Crippen MR) is 51.2 cm³/mol.